The summed E-state index contributed by atoms with van der Waals surface area (Å²) in [5, 5.41) is 10.3. The predicted octanol–water partition coefficient (Wildman–Crippen LogP) is 4.36. The van der Waals surface area contributed by atoms with E-state index in [1.54, 1.807) is 0 Å². The van der Waals surface area contributed by atoms with Gasteiger partial charge >= 0.3 is 0 Å². The summed E-state index contributed by atoms with van der Waals surface area (Å²) in [4.78, 5) is 24.5. The number of aliphatic hydroxyl groups excluding tert-OH is 1. The lowest BCUT2D eigenvalue weighted by Gasteiger charge is -2.61. The lowest BCUT2D eigenvalue weighted by Crippen LogP contribution is -2.55. The van der Waals surface area contributed by atoms with E-state index in [4.69, 9.17) is 0 Å². The molecule has 0 radical (unpaired) electrons. The predicted molar refractivity (Wildman–Crippen MR) is 87.9 cm³/mol. The highest BCUT2D eigenvalue weighted by Crippen LogP contribution is 2.69. The van der Waals surface area contributed by atoms with Crippen molar-refractivity contribution in [3.63, 3.8) is 0 Å². The lowest BCUT2D eigenvalue weighted by molar-refractivity contribution is -0.144. The molecule has 3 fully saturated rings. The zero-order valence-electron chi connectivity index (χ0n) is 14.6. The highest BCUT2D eigenvalue weighted by Gasteiger charge is 2.65. The second kappa shape index (κ2) is 4.49. The molecule has 1 N–H and O–H groups in total. The molecule has 3 nitrogen and oxygen atoms in total. The monoisotopic (exact) mass is 316 g/mol. The standard InChI is InChI=1S/C20H28O3/c1-18-9-7-15(21)17(23)14(18)5-4-13-12(18)6-10-20(3)16(22)8-11-19(13,20)2/h12-13,23H,4-11H2,1-3H3/t12-,13+,18+,19?,20?/m0/s1. The van der Waals surface area contributed by atoms with Crippen molar-refractivity contribution < 1.29 is 14.7 Å². The number of aliphatic hydroxyl groups is 1. The maximum atomic E-state index is 12.6. The molecular weight excluding hydrogens is 288 g/mol. The van der Waals surface area contributed by atoms with Gasteiger partial charge in [0.25, 0.3) is 0 Å². The maximum absolute atomic E-state index is 12.6. The van der Waals surface area contributed by atoms with Crippen LogP contribution in [-0.2, 0) is 9.59 Å². The van der Waals surface area contributed by atoms with E-state index in [9.17, 15) is 14.7 Å². The summed E-state index contributed by atoms with van der Waals surface area (Å²) in [6.07, 6.45) is 6.98. The molecule has 3 heteroatoms. The zero-order valence-corrected chi connectivity index (χ0v) is 14.6. The van der Waals surface area contributed by atoms with Crippen molar-refractivity contribution in [2.45, 2.75) is 72.1 Å². The van der Waals surface area contributed by atoms with Crippen LogP contribution in [0.1, 0.15) is 72.1 Å². The summed E-state index contributed by atoms with van der Waals surface area (Å²) in [7, 11) is 0. The number of ketones is 2. The Hall–Kier alpha value is -1.12. The van der Waals surface area contributed by atoms with Gasteiger partial charge in [-0.05, 0) is 66.8 Å². The first-order chi connectivity index (χ1) is 10.7. The van der Waals surface area contributed by atoms with Gasteiger partial charge in [-0.15, -0.1) is 0 Å². The van der Waals surface area contributed by atoms with Gasteiger partial charge in [0.15, 0.2) is 11.5 Å². The van der Waals surface area contributed by atoms with Crippen LogP contribution in [0, 0.1) is 28.1 Å². The van der Waals surface area contributed by atoms with Crippen molar-refractivity contribution in [2.24, 2.45) is 28.1 Å². The van der Waals surface area contributed by atoms with E-state index < -0.39 is 0 Å². The van der Waals surface area contributed by atoms with Crippen molar-refractivity contribution in [3.8, 4) is 0 Å². The molecule has 0 saturated heterocycles. The Bertz CT molecular complexity index is 633. The van der Waals surface area contributed by atoms with Gasteiger partial charge in [-0.25, -0.2) is 0 Å². The van der Waals surface area contributed by atoms with Crippen LogP contribution in [-0.4, -0.2) is 16.7 Å². The van der Waals surface area contributed by atoms with Gasteiger partial charge in [0.2, 0.25) is 0 Å². The Morgan fingerprint density at radius 2 is 1.65 bits per heavy atom. The highest BCUT2D eigenvalue weighted by atomic mass is 16.3. The number of hydrogen-bond acceptors (Lipinski definition) is 3. The third-order valence-electron chi connectivity index (χ3n) is 8.64. The molecule has 0 bridgehead atoms. The third kappa shape index (κ3) is 1.66. The molecule has 2 unspecified atom stereocenters. The summed E-state index contributed by atoms with van der Waals surface area (Å²) < 4.78 is 0. The van der Waals surface area contributed by atoms with E-state index in [0.717, 1.165) is 50.5 Å². The van der Waals surface area contributed by atoms with Gasteiger partial charge in [-0.2, -0.15) is 0 Å². The van der Waals surface area contributed by atoms with E-state index in [2.05, 4.69) is 20.8 Å². The van der Waals surface area contributed by atoms with Crippen molar-refractivity contribution in [3.05, 3.63) is 11.3 Å². The van der Waals surface area contributed by atoms with Gasteiger partial charge < -0.3 is 5.11 Å². The molecule has 0 aliphatic heterocycles. The SMILES string of the molecule is CC12CC[C@H]3[C@@H](CCC4=C(O)C(=O)CC[C@@]43C)C1(C)CCC2=O. The summed E-state index contributed by atoms with van der Waals surface area (Å²) in [6, 6.07) is 0. The fourth-order valence-corrected chi connectivity index (χ4v) is 6.83. The van der Waals surface area contributed by atoms with Gasteiger partial charge in [-0.1, -0.05) is 20.8 Å². The van der Waals surface area contributed by atoms with Crippen LogP contribution in [0.5, 0.6) is 0 Å². The molecular formula is C20H28O3. The highest BCUT2D eigenvalue weighted by molar-refractivity contribution is 5.95. The van der Waals surface area contributed by atoms with Crippen LogP contribution in [0.3, 0.4) is 0 Å². The Kier molecular flexibility index (Phi) is 3.01. The van der Waals surface area contributed by atoms with E-state index >= 15 is 0 Å². The van der Waals surface area contributed by atoms with E-state index in [-0.39, 0.29) is 27.8 Å². The first-order valence-corrected chi connectivity index (χ1v) is 9.23. The lowest BCUT2D eigenvalue weighted by atomic mass is 9.43. The third-order valence-corrected chi connectivity index (χ3v) is 8.64. The quantitative estimate of drug-likeness (QED) is 0.722. The van der Waals surface area contributed by atoms with Crippen LogP contribution in [0.15, 0.2) is 11.3 Å². The topological polar surface area (TPSA) is 54.4 Å². The van der Waals surface area contributed by atoms with Crippen molar-refractivity contribution in [2.75, 3.05) is 0 Å². The minimum Gasteiger partial charge on any atom is -0.504 e. The Labute approximate surface area is 138 Å². The number of carbonyl (C=O) groups excluding carboxylic acids is 2. The van der Waals surface area contributed by atoms with Crippen LogP contribution in [0.2, 0.25) is 0 Å². The van der Waals surface area contributed by atoms with Crippen molar-refractivity contribution in [1.82, 2.24) is 0 Å². The molecule has 0 spiro atoms. The van der Waals surface area contributed by atoms with Gasteiger partial charge in [-0.3, -0.25) is 9.59 Å². The number of fused-ring (bicyclic) bond motifs is 5. The van der Waals surface area contributed by atoms with Crippen molar-refractivity contribution in [1.29, 1.82) is 0 Å². The molecule has 0 heterocycles. The molecule has 0 aromatic heterocycles. The Morgan fingerprint density at radius 3 is 2.39 bits per heavy atom. The van der Waals surface area contributed by atoms with Crippen LogP contribution >= 0.6 is 0 Å². The molecule has 4 aliphatic rings. The summed E-state index contributed by atoms with van der Waals surface area (Å²) >= 11 is 0. The normalized spacial score (nSPS) is 49.7. The van der Waals surface area contributed by atoms with Gasteiger partial charge in [0, 0.05) is 18.3 Å². The molecule has 5 atom stereocenters. The molecule has 23 heavy (non-hydrogen) atoms. The second-order valence-corrected chi connectivity index (χ2v) is 9.13. The first kappa shape index (κ1) is 15.4. The minimum absolute atomic E-state index is 0.0448. The number of carbonyl (C=O) groups is 2. The number of rotatable bonds is 0. The van der Waals surface area contributed by atoms with E-state index in [0.29, 0.717) is 24.0 Å². The zero-order chi connectivity index (χ0) is 16.6. The minimum atomic E-state index is -0.154. The van der Waals surface area contributed by atoms with E-state index in [1.165, 1.54) is 0 Å². The Morgan fingerprint density at radius 1 is 0.913 bits per heavy atom. The summed E-state index contributed by atoms with van der Waals surface area (Å²) in [5.41, 5.74) is 0.917. The van der Waals surface area contributed by atoms with Gasteiger partial charge in [0.05, 0.1) is 0 Å². The second-order valence-electron chi connectivity index (χ2n) is 9.13. The van der Waals surface area contributed by atoms with E-state index in [1.807, 2.05) is 0 Å². The molecule has 3 saturated carbocycles. The maximum Gasteiger partial charge on any atom is 0.197 e. The number of hydrogen-bond donors (Lipinski definition) is 1. The summed E-state index contributed by atoms with van der Waals surface area (Å²) in [6.45, 7) is 6.82. The largest absolute Gasteiger partial charge is 0.504 e. The number of Topliss-reactive ketones (excluding diaryl/α,β-unsaturated/α-hetero) is 2. The average molecular weight is 316 g/mol. The van der Waals surface area contributed by atoms with Crippen LogP contribution < -0.4 is 0 Å². The average Bonchev–Trinajstić information content (AvgIpc) is 2.76. The molecule has 0 aromatic rings. The fourth-order valence-electron chi connectivity index (χ4n) is 6.83. The number of allylic oxidation sites excluding steroid dienone is 1. The molecule has 4 rings (SSSR count). The van der Waals surface area contributed by atoms with Crippen molar-refractivity contribution >= 4 is 11.6 Å². The molecule has 0 aromatic carbocycles. The summed E-state index contributed by atoms with van der Waals surface area (Å²) in [5.74, 6) is 1.51. The smallest absolute Gasteiger partial charge is 0.197 e. The van der Waals surface area contributed by atoms with Crippen LogP contribution in [0.25, 0.3) is 0 Å². The van der Waals surface area contributed by atoms with Gasteiger partial charge in [0.1, 0.15) is 5.78 Å². The fraction of sp³-hybridized carbons (Fsp3) is 0.800. The molecule has 4 aliphatic carbocycles. The first-order valence-electron chi connectivity index (χ1n) is 9.23. The Balaban J connectivity index is 1.78. The molecule has 0 amide bonds. The molecule has 126 valence electrons. The van der Waals surface area contributed by atoms with Crippen LogP contribution in [0.4, 0.5) is 0 Å².